The Morgan fingerprint density at radius 2 is 1.81 bits per heavy atom. The highest BCUT2D eigenvalue weighted by Crippen LogP contribution is 2.20. The Morgan fingerprint density at radius 3 is 2.48 bits per heavy atom. The molecule has 2 aromatic carbocycles. The maximum absolute atomic E-state index is 13.1. The average Bonchev–Trinajstić information content (AvgIpc) is 3.02. The fourth-order valence-electron chi connectivity index (χ4n) is 2.55. The third kappa shape index (κ3) is 4.12. The highest BCUT2D eigenvalue weighted by Gasteiger charge is 2.12. The molecule has 0 aliphatic carbocycles. The van der Waals surface area contributed by atoms with Crippen LogP contribution in [-0.2, 0) is 16.0 Å². The van der Waals surface area contributed by atoms with E-state index in [1.807, 2.05) is 4.57 Å². The number of thiazole rings is 1. The summed E-state index contributed by atoms with van der Waals surface area (Å²) in [7, 11) is 2.91. The van der Waals surface area contributed by atoms with Gasteiger partial charge in [-0.05, 0) is 42.5 Å². The monoisotopic (exact) mass is 388 g/mol. The summed E-state index contributed by atoms with van der Waals surface area (Å²) in [6.07, 6.45) is 0. The average molecular weight is 388 g/mol. The summed E-state index contributed by atoms with van der Waals surface area (Å²) in [5.74, 6) is -1.32. The molecule has 1 aromatic heterocycles. The van der Waals surface area contributed by atoms with Crippen molar-refractivity contribution >= 4 is 33.4 Å². The lowest BCUT2D eigenvalue weighted by Crippen LogP contribution is -2.19. The SMILES string of the molecule is COCCn1c(=NC(=O)c2ccc(F)cc2)sc2cc(C(=O)OC)ccc21. The molecule has 0 saturated carbocycles. The molecule has 0 aliphatic rings. The third-order valence-electron chi connectivity index (χ3n) is 3.91. The Balaban J connectivity index is 2.10. The number of fused-ring (bicyclic) bond motifs is 1. The molecule has 140 valence electrons. The van der Waals surface area contributed by atoms with Crippen LogP contribution in [0.2, 0.25) is 0 Å². The fourth-order valence-corrected chi connectivity index (χ4v) is 3.64. The van der Waals surface area contributed by atoms with E-state index in [1.54, 1.807) is 25.3 Å². The van der Waals surface area contributed by atoms with Crippen molar-refractivity contribution in [1.82, 2.24) is 4.57 Å². The molecule has 0 spiro atoms. The van der Waals surface area contributed by atoms with Crippen molar-refractivity contribution in [3.05, 3.63) is 64.2 Å². The Kier molecular flexibility index (Phi) is 5.78. The lowest BCUT2D eigenvalue weighted by Gasteiger charge is -2.05. The molecule has 0 fully saturated rings. The topological polar surface area (TPSA) is 69.9 Å². The molecule has 0 bridgehead atoms. The number of esters is 1. The van der Waals surface area contributed by atoms with E-state index >= 15 is 0 Å². The lowest BCUT2D eigenvalue weighted by atomic mass is 10.2. The number of hydrogen-bond acceptors (Lipinski definition) is 5. The molecule has 0 N–H and O–H groups in total. The van der Waals surface area contributed by atoms with Crippen LogP contribution in [-0.4, -0.2) is 37.3 Å². The van der Waals surface area contributed by atoms with Crippen LogP contribution in [0.4, 0.5) is 4.39 Å². The van der Waals surface area contributed by atoms with Gasteiger partial charge in [-0.15, -0.1) is 0 Å². The van der Waals surface area contributed by atoms with E-state index in [0.717, 1.165) is 10.2 Å². The zero-order valence-corrected chi connectivity index (χ0v) is 15.6. The summed E-state index contributed by atoms with van der Waals surface area (Å²) in [6.45, 7) is 0.923. The van der Waals surface area contributed by atoms with Crippen LogP contribution in [0, 0.1) is 5.82 Å². The minimum Gasteiger partial charge on any atom is -0.465 e. The van der Waals surface area contributed by atoms with Crippen molar-refractivity contribution < 1.29 is 23.5 Å². The number of halogens is 1. The van der Waals surface area contributed by atoms with Gasteiger partial charge in [0, 0.05) is 19.2 Å². The first-order valence-corrected chi connectivity index (χ1v) is 8.90. The molecule has 3 rings (SSSR count). The number of ether oxygens (including phenoxy) is 2. The zero-order chi connectivity index (χ0) is 19.4. The number of aromatic nitrogens is 1. The molecule has 0 unspecified atom stereocenters. The van der Waals surface area contributed by atoms with Crippen molar-refractivity contribution in [2.75, 3.05) is 20.8 Å². The Bertz CT molecular complexity index is 1050. The van der Waals surface area contributed by atoms with Crippen LogP contribution in [0.5, 0.6) is 0 Å². The second-order valence-electron chi connectivity index (χ2n) is 5.63. The molecular weight excluding hydrogens is 371 g/mol. The van der Waals surface area contributed by atoms with Gasteiger partial charge in [-0.2, -0.15) is 4.99 Å². The molecule has 0 saturated heterocycles. The van der Waals surface area contributed by atoms with Crippen LogP contribution in [0.3, 0.4) is 0 Å². The molecule has 0 aliphatic heterocycles. The van der Waals surface area contributed by atoms with Crippen molar-refractivity contribution in [1.29, 1.82) is 0 Å². The molecule has 6 nitrogen and oxygen atoms in total. The van der Waals surface area contributed by atoms with E-state index in [9.17, 15) is 14.0 Å². The largest absolute Gasteiger partial charge is 0.465 e. The van der Waals surface area contributed by atoms with Crippen molar-refractivity contribution in [2.24, 2.45) is 4.99 Å². The summed E-state index contributed by atoms with van der Waals surface area (Å²) < 4.78 is 25.6. The van der Waals surface area contributed by atoms with E-state index in [2.05, 4.69) is 4.99 Å². The van der Waals surface area contributed by atoms with Crippen LogP contribution in [0.1, 0.15) is 20.7 Å². The summed E-state index contributed by atoms with van der Waals surface area (Å²) in [5, 5.41) is 0. The summed E-state index contributed by atoms with van der Waals surface area (Å²) in [6, 6.07) is 10.4. The predicted molar refractivity (Wildman–Crippen MR) is 99.3 cm³/mol. The number of benzene rings is 2. The molecule has 3 aromatic rings. The van der Waals surface area contributed by atoms with Gasteiger partial charge in [0.25, 0.3) is 5.91 Å². The molecule has 0 atom stereocenters. The Labute approximate surface area is 158 Å². The first-order chi connectivity index (χ1) is 13.0. The standard InChI is InChI=1S/C19H17FN2O4S/c1-25-10-9-22-15-8-5-13(18(24)26-2)11-16(15)27-19(22)21-17(23)12-3-6-14(20)7-4-12/h3-8,11H,9-10H2,1-2H3. The van der Waals surface area contributed by atoms with Gasteiger partial charge in [-0.1, -0.05) is 11.3 Å². The number of hydrogen-bond donors (Lipinski definition) is 0. The first kappa shape index (κ1) is 18.9. The number of nitrogens with zero attached hydrogens (tertiary/aromatic N) is 2. The zero-order valence-electron chi connectivity index (χ0n) is 14.8. The Morgan fingerprint density at radius 1 is 1.11 bits per heavy atom. The molecule has 1 heterocycles. The normalized spacial score (nSPS) is 11.7. The number of methoxy groups -OCH3 is 2. The van der Waals surface area contributed by atoms with Crippen LogP contribution in [0.25, 0.3) is 10.2 Å². The van der Waals surface area contributed by atoms with Crippen molar-refractivity contribution in [2.45, 2.75) is 6.54 Å². The van der Waals surface area contributed by atoms with Crippen LogP contribution < -0.4 is 4.80 Å². The molecule has 1 amide bonds. The predicted octanol–water partition coefficient (Wildman–Crippen LogP) is 3.02. The number of rotatable bonds is 5. The highest BCUT2D eigenvalue weighted by molar-refractivity contribution is 7.16. The Hall–Kier alpha value is -2.84. The third-order valence-corrected chi connectivity index (χ3v) is 4.95. The van der Waals surface area contributed by atoms with Crippen LogP contribution >= 0.6 is 11.3 Å². The van der Waals surface area contributed by atoms with Crippen LogP contribution in [0.15, 0.2) is 47.5 Å². The van der Waals surface area contributed by atoms with Crippen molar-refractivity contribution in [3.8, 4) is 0 Å². The van der Waals surface area contributed by atoms with Gasteiger partial charge in [0.15, 0.2) is 4.80 Å². The smallest absolute Gasteiger partial charge is 0.337 e. The van der Waals surface area contributed by atoms with E-state index in [0.29, 0.717) is 29.1 Å². The van der Waals surface area contributed by atoms with Gasteiger partial charge in [0.05, 0.1) is 29.5 Å². The first-order valence-electron chi connectivity index (χ1n) is 8.08. The molecular formula is C19H17FN2O4S. The van der Waals surface area contributed by atoms with E-state index < -0.39 is 17.7 Å². The number of carbonyl (C=O) groups is 2. The van der Waals surface area contributed by atoms with E-state index in [1.165, 1.54) is 42.7 Å². The van der Waals surface area contributed by atoms with Gasteiger partial charge < -0.3 is 14.0 Å². The summed E-state index contributed by atoms with van der Waals surface area (Å²) in [5.41, 5.74) is 1.54. The van der Waals surface area contributed by atoms with Gasteiger partial charge in [0.1, 0.15) is 5.82 Å². The van der Waals surface area contributed by atoms with E-state index in [-0.39, 0.29) is 0 Å². The molecule has 8 heteroatoms. The lowest BCUT2D eigenvalue weighted by molar-refractivity contribution is 0.0600. The summed E-state index contributed by atoms with van der Waals surface area (Å²) >= 11 is 1.28. The second-order valence-corrected chi connectivity index (χ2v) is 6.64. The highest BCUT2D eigenvalue weighted by atomic mass is 32.1. The molecule has 27 heavy (non-hydrogen) atoms. The van der Waals surface area contributed by atoms with Gasteiger partial charge in [0.2, 0.25) is 0 Å². The number of amides is 1. The maximum Gasteiger partial charge on any atom is 0.337 e. The van der Waals surface area contributed by atoms with E-state index in [4.69, 9.17) is 9.47 Å². The van der Waals surface area contributed by atoms with Gasteiger partial charge in [-0.25, -0.2) is 9.18 Å². The quantitative estimate of drug-likeness (QED) is 0.630. The van der Waals surface area contributed by atoms with Crippen molar-refractivity contribution in [3.63, 3.8) is 0 Å². The summed E-state index contributed by atoms with van der Waals surface area (Å²) in [4.78, 5) is 28.9. The van der Waals surface area contributed by atoms with Gasteiger partial charge in [-0.3, -0.25) is 4.79 Å². The number of carbonyl (C=O) groups excluding carboxylic acids is 2. The molecule has 0 radical (unpaired) electrons. The fraction of sp³-hybridized carbons (Fsp3) is 0.211. The second kappa shape index (κ2) is 8.24. The minimum atomic E-state index is -0.471. The minimum absolute atomic E-state index is 0.294. The van der Waals surface area contributed by atoms with Gasteiger partial charge >= 0.3 is 5.97 Å². The maximum atomic E-state index is 13.1.